The van der Waals surface area contributed by atoms with E-state index in [2.05, 4.69) is 10.1 Å². The minimum absolute atomic E-state index is 0.112. The first kappa shape index (κ1) is 17.5. The van der Waals surface area contributed by atoms with Gasteiger partial charge in [0.05, 0.1) is 28.6 Å². The van der Waals surface area contributed by atoms with E-state index < -0.39 is 17.5 Å². The van der Waals surface area contributed by atoms with Crippen molar-refractivity contribution in [2.45, 2.75) is 19.8 Å². The number of benzene rings is 1. The molecule has 146 valence electrons. The van der Waals surface area contributed by atoms with E-state index in [1.54, 1.807) is 25.1 Å². The van der Waals surface area contributed by atoms with Crippen molar-refractivity contribution in [3.63, 3.8) is 0 Å². The molecular weight excluding hydrogens is 380 g/mol. The normalized spacial score (nSPS) is 13.7. The van der Waals surface area contributed by atoms with Crippen molar-refractivity contribution >= 4 is 22.7 Å². The van der Waals surface area contributed by atoms with Crippen molar-refractivity contribution in [1.82, 2.24) is 10.1 Å². The van der Waals surface area contributed by atoms with E-state index in [0.717, 1.165) is 6.07 Å². The molecule has 0 fully saturated rings. The number of rotatable bonds is 2. The second-order valence-corrected chi connectivity index (χ2v) is 6.94. The van der Waals surface area contributed by atoms with E-state index in [1.165, 1.54) is 17.2 Å². The molecule has 0 unspecified atom stereocenters. The molecule has 1 amide bonds. The zero-order valence-corrected chi connectivity index (χ0v) is 15.4. The summed E-state index contributed by atoms with van der Waals surface area (Å²) in [6, 6.07) is 7.08. The van der Waals surface area contributed by atoms with E-state index in [9.17, 15) is 13.6 Å². The first-order chi connectivity index (χ1) is 14.0. The third kappa shape index (κ3) is 2.79. The van der Waals surface area contributed by atoms with E-state index in [1.807, 2.05) is 0 Å². The van der Waals surface area contributed by atoms with Gasteiger partial charge < -0.3 is 13.8 Å². The fourth-order valence-electron chi connectivity index (χ4n) is 3.81. The number of amides is 1. The monoisotopic (exact) mass is 395 g/mol. The molecule has 4 aromatic rings. The van der Waals surface area contributed by atoms with Crippen LogP contribution in [0.1, 0.15) is 28.0 Å². The smallest absolute Gasteiger partial charge is 0.259 e. The van der Waals surface area contributed by atoms with Gasteiger partial charge in [-0.15, -0.1) is 0 Å². The number of carbonyl (C=O) groups excluding carboxylic acids is 1. The molecule has 0 saturated carbocycles. The van der Waals surface area contributed by atoms with E-state index in [4.69, 9.17) is 8.94 Å². The van der Waals surface area contributed by atoms with Crippen LogP contribution in [0.15, 0.2) is 45.5 Å². The van der Waals surface area contributed by atoms with Crippen LogP contribution in [-0.4, -0.2) is 22.6 Å². The van der Waals surface area contributed by atoms with Crippen LogP contribution in [0.4, 0.5) is 14.5 Å². The molecule has 1 aliphatic heterocycles. The van der Waals surface area contributed by atoms with E-state index in [0.29, 0.717) is 47.5 Å². The minimum atomic E-state index is -0.758. The molecule has 0 aliphatic carbocycles. The Hall–Kier alpha value is -3.55. The number of furan rings is 1. The predicted octanol–water partition coefficient (Wildman–Crippen LogP) is 4.66. The highest BCUT2D eigenvalue weighted by atomic mass is 19.1. The van der Waals surface area contributed by atoms with Gasteiger partial charge in [0, 0.05) is 12.6 Å². The maximum Gasteiger partial charge on any atom is 0.259 e. The van der Waals surface area contributed by atoms with Gasteiger partial charge in [0.2, 0.25) is 0 Å². The fraction of sp³-hybridized carbons (Fsp3) is 0.190. The van der Waals surface area contributed by atoms with Gasteiger partial charge in [-0.2, -0.15) is 0 Å². The average Bonchev–Trinajstić information content (AvgIpc) is 3.36. The topological polar surface area (TPSA) is 72.4 Å². The van der Waals surface area contributed by atoms with Gasteiger partial charge in [-0.05, 0) is 49.6 Å². The molecule has 5 rings (SSSR count). The van der Waals surface area contributed by atoms with Gasteiger partial charge in [0.25, 0.3) is 11.6 Å². The van der Waals surface area contributed by atoms with Gasteiger partial charge in [0.15, 0.2) is 5.76 Å². The Kier molecular flexibility index (Phi) is 3.94. The second-order valence-electron chi connectivity index (χ2n) is 6.94. The molecule has 3 aromatic heterocycles. The highest BCUT2D eigenvalue weighted by Crippen LogP contribution is 2.34. The maximum atomic E-state index is 14.6. The number of hydrogen-bond acceptors (Lipinski definition) is 5. The quantitative estimate of drug-likeness (QED) is 0.494. The number of pyridine rings is 1. The Morgan fingerprint density at radius 2 is 2.10 bits per heavy atom. The van der Waals surface area contributed by atoms with Crippen LogP contribution in [0, 0.1) is 18.6 Å². The fourth-order valence-corrected chi connectivity index (χ4v) is 3.81. The molecule has 8 heteroatoms. The molecule has 0 radical (unpaired) electrons. The summed E-state index contributed by atoms with van der Waals surface area (Å²) in [5.74, 6) is -1.38. The Labute approximate surface area is 163 Å². The summed E-state index contributed by atoms with van der Waals surface area (Å²) >= 11 is 0. The number of hydrogen-bond donors (Lipinski definition) is 0. The molecule has 0 atom stereocenters. The first-order valence-corrected chi connectivity index (χ1v) is 9.13. The first-order valence-electron chi connectivity index (χ1n) is 9.13. The number of anilines is 1. The minimum Gasteiger partial charge on any atom is -0.463 e. The summed E-state index contributed by atoms with van der Waals surface area (Å²) in [6.45, 7) is 2.02. The lowest BCUT2D eigenvalue weighted by molar-refractivity contribution is 0.0985. The number of fused-ring (bicyclic) bond motifs is 2. The van der Waals surface area contributed by atoms with Crippen LogP contribution in [0.3, 0.4) is 0 Å². The highest BCUT2D eigenvalue weighted by molar-refractivity contribution is 6.14. The van der Waals surface area contributed by atoms with Gasteiger partial charge in [-0.1, -0.05) is 5.16 Å². The van der Waals surface area contributed by atoms with Crippen molar-refractivity contribution in [2.75, 3.05) is 11.4 Å². The molecule has 0 saturated heterocycles. The van der Waals surface area contributed by atoms with Crippen molar-refractivity contribution in [3.8, 4) is 11.5 Å². The van der Waals surface area contributed by atoms with Crippen molar-refractivity contribution in [2.24, 2.45) is 0 Å². The molecule has 4 heterocycles. The van der Waals surface area contributed by atoms with Gasteiger partial charge in [-0.25, -0.2) is 13.8 Å². The number of aromatic nitrogens is 2. The molecule has 0 N–H and O–H groups in total. The number of aryl methyl sites for hydroxylation is 2. The third-order valence-electron chi connectivity index (χ3n) is 5.07. The van der Waals surface area contributed by atoms with Crippen LogP contribution >= 0.6 is 0 Å². The largest absolute Gasteiger partial charge is 0.463 e. The lowest BCUT2D eigenvalue weighted by atomic mass is 9.99. The highest BCUT2D eigenvalue weighted by Gasteiger charge is 2.30. The Morgan fingerprint density at radius 3 is 2.90 bits per heavy atom. The van der Waals surface area contributed by atoms with Crippen molar-refractivity contribution in [1.29, 1.82) is 0 Å². The molecule has 6 nitrogen and oxygen atoms in total. The molecule has 0 spiro atoms. The van der Waals surface area contributed by atoms with Crippen LogP contribution in [0.5, 0.6) is 0 Å². The molecule has 0 bridgehead atoms. The summed E-state index contributed by atoms with van der Waals surface area (Å²) in [7, 11) is 0. The summed E-state index contributed by atoms with van der Waals surface area (Å²) in [5.41, 5.74) is 1.95. The predicted molar refractivity (Wildman–Crippen MR) is 101 cm³/mol. The van der Waals surface area contributed by atoms with Crippen molar-refractivity contribution in [3.05, 3.63) is 65.1 Å². The van der Waals surface area contributed by atoms with Crippen LogP contribution in [0.2, 0.25) is 0 Å². The second kappa shape index (κ2) is 6.51. The molecular formula is C21H15F2N3O3. The van der Waals surface area contributed by atoms with Crippen molar-refractivity contribution < 1.29 is 22.5 Å². The Balaban J connectivity index is 1.69. The molecule has 29 heavy (non-hydrogen) atoms. The number of nitrogens with zero attached hydrogens (tertiary/aromatic N) is 3. The summed E-state index contributed by atoms with van der Waals surface area (Å²) < 4.78 is 38.9. The zero-order valence-electron chi connectivity index (χ0n) is 15.4. The van der Waals surface area contributed by atoms with Gasteiger partial charge in [0.1, 0.15) is 17.3 Å². The summed E-state index contributed by atoms with van der Waals surface area (Å²) in [4.78, 5) is 19.3. The van der Waals surface area contributed by atoms with Crippen LogP contribution in [0.25, 0.3) is 22.6 Å². The van der Waals surface area contributed by atoms with Crippen LogP contribution < -0.4 is 4.90 Å². The lowest BCUT2D eigenvalue weighted by Crippen LogP contribution is -2.36. The van der Waals surface area contributed by atoms with Gasteiger partial charge >= 0.3 is 0 Å². The Bertz CT molecular complexity index is 1250. The molecule has 1 aliphatic rings. The van der Waals surface area contributed by atoms with E-state index in [-0.39, 0.29) is 17.0 Å². The SMILES string of the molecule is Cc1noc2nc(-c3ccco3)cc(C(=O)N3CCCc4cc(F)cc(F)c43)c12. The van der Waals surface area contributed by atoms with Gasteiger partial charge in [-0.3, -0.25) is 4.79 Å². The average molecular weight is 395 g/mol. The standard InChI is InChI=1S/C21H15F2N3O3/c1-11-18-14(10-16(17-5-3-7-28-17)24-20(18)29-25-11)21(27)26-6-2-4-12-8-13(22)9-15(23)19(12)26/h3,5,7-10H,2,4,6H2,1H3. The number of carbonyl (C=O) groups is 1. The Morgan fingerprint density at radius 1 is 1.24 bits per heavy atom. The number of halogens is 2. The maximum absolute atomic E-state index is 14.6. The summed E-state index contributed by atoms with van der Waals surface area (Å²) in [5, 5.41) is 4.38. The summed E-state index contributed by atoms with van der Waals surface area (Å²) in [6.07, 6.45) is 2.60. The molecule has 1 aromatic carbocycles. The third-order valence-corrected chi connectivity index (χ3v) is 5.07. The zero-order chi connectivity index (χ0) is 20.1. The lowest BCUT2D eigenvalue weighted by Gasteiger charge is -2.30. The van der Waals surface area contributed by atoms with Crippen LogP contribution in [-0.2, 0) is 6.42 Å². The van der Waals surface area contributed by atoms with E-state index >= 15 is 0 Å².